The number of hydrogen-bond acceptors (Lipinski definition) is 14. The van der Waals surface area contributed by atoms with E-state index in [2.05, 4.69) is 47.5 Å². The van der Waals surface area contributed by atoms with Gasteiger partial charge in [-0.25, -0.2) is 9.07 Å². The predicted octanol–water partition coefficient (Wildman–Crippen LogP) is -3.24. The van der Waals surface area contributed by atoms with Gasteiger partial charge in [-0.1, -0.05) is 35.5 Å². The molecule has 2 aliphatic rings. The first kappa shape index (κ1) is 50.9. The first-order valence-corrected chi connectivity index (χ1v) is 21.4. The predicted molar refractivity (Wildman–Crippen MR) is 231 cm³/mol. The van der Waals surface area contributed by atoms with Crippen LogP contribution in [0.15, 0.2) is 60.8 Å². The molecule has 1 fully saturated rings. The van der Waals surface area contributed by atoms with Gasteiger partial charge in [-0.2, -0.15) is 0 Å². The fraction of sp³-hybridized carbons (Fsp3) is 0.476. The molecule has 1 saturated heterocycles. The fourth-order valence-electron chi connectivity index (χ4n) is 7.33. The SMILES string of the molecule is N=C(N)NCCC[C@@H]1NC(=O)[C@H](CCCCNC(=O)C2O[C@H](CNC(=O)c3ccc(F)cc3)C(O)[C@H](O)[C@@H]2O)n2cc(nn2)[C@H](Cc2ccccc2)NC(=O)[C@H](CC(=O)O)NC(=O)CNC1=O. The highest BCUT2D eigenvalue weighted by atomic mass is 19.1. The highest BCUT2D eigenvalue weighted by Crippen LogP contribution is 2.23. The number of carboxylic acid groups (broad SMARTS) is 1. The molecule has 3 aromatic rings. The van der Waals surface area contributed by atoms with E-state index in [9.17, 15) is 58.4 Å². The summed E-state index contributed by atoms with van der Waals surface area (Å²) < 4.78 is 20.2. The molecule has 67 heavy (non-hydrogen) atoms. The summed E-state index contributed by atoms with van der Waals surface area (Å²) in [4.78, 5) is 91.9. The summed E-state index contributed by atoms with van der Waals surface area (Å²) in [5.74, 6) is -6.99. The number of hydrogen-bond donors (Lipinski definition) is 13. The molecule has 362 valence electrons. The van der Waals surface area contributed by atoms with Crippen molar-refractivity contribution in [2.24, 2.45) is 5.73 Å². The van der Waals surface area contributed by atoms with Gasteiger partial charge in [0.05, 0.1) is 25.2 Å². The number of aliphatic hydroxyl groups is 3. The van der Waals surface area contributed by atoms with Crippen molar-refractivity contribution < 1.29 is 63.1 Å². The van der Waals surface area contributed by atoms with Crippen LogP contribution >= 0.6 is 0 Å². The van der Waals surface area contributed by atoms with Crippen LogP contribution in [0.25, 0.3) is 0 Å². The maximum atomic E-state index is 14.2. The second-order valence-electron chi connectivity index (χ2n) is 15.9. The molecule has 0 aliphatic carbocycles. The Bertz CT molecular complexity index is 2220. The van der Waals surface area contributed by atoms with Crippen LogP contribution < -0.4 is 43.0 Å². The number of nitrogens with one attached hydrogen (secondary N) is 8. The minimum Gasteiger partial charge on any atom is -0.481 e. The van der Waals surface area contributed by atoms with Crippen molar-refractivity contribution in [2.45, 2.75) is 99.6 Å². The summed E-state index contributed by atoms with van der Waals surface area (Å²) >= 11 is 0. The van der Waals surface area contributed by atoms with E-state index in [4.69, 9.17) is 15.9 Å². The number of halogens is 1. The summed E-state index contributed by atoms with van der Waals surface area (Å²) in [5.41, 5.74) is 6.41. The molecule has 9 atom stereocenters. The number of fused-ring (bicyclic) bond motifs is 2. The third-order valence-corrected chi connectivity index (χ3v) is 10.9. The number of unbranched alkanes of at least 4 members (excludes halogenated alkanes) is 1. The molecule has 24 nitrogen and oxygen atoms in total. The monoisotopic (exact) mass is 938 g/mol. The molecular formula is C42H55FN12O12. The van der Waals surface area contributed by atoms with Crippen molar-refractivity contribution in [1.82, 2.24) is 52.2 Å². The second-order valence-corrected chi connectivity index (χ2v) is 15.9. The molecule has 2 aliphatic heterocycles. The third kappa shape index (κ3) is 15.0. The van der Waals surface area contributed by atoms with Crippen LogP contribution in [-0.4, -0.2) is 152 Å². The lowest BCUT2D eigenvalue weighted by atomic mass is 9.94. The Kier molecular flexibility index (Phi) is 18.6. The molecule has 2 bridgehead atoms. The first-order valence-electron chi connectivity index (χ1n) is 21.4. The largest absolute Gasteiger partial charge is 0.481 e. The summed E-state index contributed by atoms with van der Waals surface area (Å²) in [5, 5.41) is 75.1. The number of carbonyl (C=O) groups excluding carboxylic acids is 6. The molecule has 0 spiro atoms. The molecule has 2 aromatic carbocycles. The number of nitrogens with two attached hydrogens (primary N) is 1. The summed E-state index contributed by atoms with van der Waals surface area (Å²) in [6.45, 7) is -0.937. The zero-order valence-corrected chi connectivity index (χ0v) is 36.1. The van der Waals surface area contributed by atoms with E-state index < -0.39 is 115 Å². The topological polar surface area (TPSA) is 374 Å². The van der Waals surface area contributed by atoms with Gasteiger partial charge < -0.3 is 68.1 Å². The molecule has 2 unspecified atom stereocenters. The number of aliphatic hydroxyl groups excluding tert-OH is 3. The van der Waals surface area contributed by atoms with E-state index >= 15 is 0 Å². The Hall–Kier alpha value is -7.09. The number of benzene rings is 2. The summed E-state index contributed by atoms with van der Waals surface area (Å²) in [6.07, 6.45) is -6.88. The molecule has 1 aromatic heterocycles. The highest BCUT2D eigenvalue weighted by molar-refractivity contribution is 5.95. The van der Waals surface area contributed by atoms with Crippen LogP contribution in [0.5, 0.6) is 0 Å². The molecule has 0 radical (unpaired) electrons. The number of carboxylic acids is 1. The van der Waals surface area contributed by atoms with Crippen molar-refractivity contribution in [1.29, 1.82) is 5.41 Å². The minimum atomic E-state index is -1.85. The number of guanidine groups is 1. The van der Waals surface area contributed by atoms with Crippen molar-refractivity contribution in [2.75, 3.05) is 26.2 Å². The smallest absolute Gasteiger partial charge is 0.305 e. The van der Waals surface area contributed by atoms with Crippen LogP contribution in [0.3, 0.4) is 0 Å². The zero-order valence-electron chi connectivity index (χ0n) is 36.1. The lowest BCUT2D eigenvalue weighted by Gasteiger charge is -2.40. The van der Waals surface area contributed by atoms with Gasteiger partial charge in [0.15, 0.2) is 12.1 Å². The summed E-state index contributed by atoms with van der Waals surface area (Å²) in [6, 6.07) is 8.66. The number of carbonyl (C=O) groups is 7. The Morgan fingerprint density at radius 3 is 2.22 bits per heavy atom. The molecule has 3 heterocycles. The maximum Gasteiger partial charge on any atom is 0.305 e. The number of nitrogens with zero attached hydrogens (tertiary/aromatic N) is 3. The second kappa shape index (κ2) is 24.4. The molecule has 6 amide bonds. The Balaban J connectivity index is 1.31. The number of aromatic nitrogens is 3. The van der Waals surface area contributed by atoms with E-state index in [0.717, 1.165) is 17.7 Å². The fourth-order valence-corrected chi connectivity index (χ4v) is 7.33. The molecule has 5 rings (SSSR count). The van der Waals surface area contributed by atoms with Gasteiger partial charge in [-0.05, 0) is 68.4 Å². The van der Waals surface area contributed by atoms with E-state index in [0.29, 0.717) is 0 Å². The van der Waals surface area contributed by atoms with Gasteiger partial charge in [0.1, 0.15) is 54.1 Å². The Morgan fingerprint density at radius 1 is 0.821 bits per heavy atom. The number of amides is 6. The van der Waals surface area contributed by atoms with Crippen LogP contribution in [0.1, 0.15) is 72.2 Å². The Morgan fingerprint density at radius 2 is 1.52 bits per heavy atom. The lowest BCUT2D eigenvalue weighted by Crippen LogP contribution is -2.63. The van der Waals surface area contributed by atoms with E-state index in [1.807, 2.05) is 0 Å². The van der Waals surface area contributed by atoms with Crippen LogP contribution in [0.4, 0.5) is 4.39 Å². The average molecular weight is 939 g/mol. The number of aliphatic carboxylic acids is 1. The number of ether oxygens (including phenoxy) is 1. The van der Waals surface area contributed by atoms with Crippen LogP contribution in [0, 0.1) is 11.2 Å². The van der Waals surface area contributed by atoms with Crippen molar-refractivity contribution >= 4 is 47.4 Å². The molecular weight excluding hydrogens is 884 g/mol. The normalized spacial score (nSPS) is 24.8. The Labute approximate surface area is 382 Å². The first-order chi connectivity index (χ1) is 32.0. The van der Waals surface area contributed by atoms with Gasteiger partial charge in [0, 0.05) is 25.2 Å². The number of rotatable bonds is 17. The molecule has 0 saturated carbocycles. The quantitative estimate of drug-likeness (QED) is 0.0359. The van der Waals surface area contributed by atoms with Gasteiger partial charge in [-0.3, -0.25) is 39.0 Å². The van der Waals surface area contributed by atoms with E-state index in [1.54, 1.807) is 30.3 Å². The van der Waals surface area contributed by atoms with Gasteiger partial charge in [0.25, 0.3) is 11.8 Å². The molecule has 25 heteroatoms. The van der Waals surface area contributed by atoms with Gasteiger partial charge in [0.2, 0.25) is 23.6 Å². The zero-order chi connectivity index (χ0) is 48.6. The molecule has 14 N–H and O–H groups in total. The lowest BCUT2D eigenvalue weighted by molar-refractivity contribution is -0.218. The van der Waals surface area contributed by atoms with Gasteiger partial charge >= 0.3 is 5.97 Å². The van der Waals surface area contributed by atoms with Crippen LogP contribution in [0.2, 0.25) is 0 Å². The summed E-state index contributed by atoms with van der Waals surface area (Å²) in [7, 11) is 0. The van der Waals surface area contributed by atoms with E-state index in [-0.39, 0.29) is 75.4 Å². The standard InChI is InChI=1S/C42H55FN12O12/c43-24-13-11-23(12-14-24)37(62)48-19-30-33(59)34(60)35(61)36(67-30)41(66)46-15-5-4-10-29-40(65)51-25(9-6-16-47-42(44)45)38(63)49-20-31(56)50-27(18-32(57)58)39(64)52-26(28-21-55(29)54-53-28)17-22-7-2-1-3-8-22/h1-3,7-8,11-14,21,25-27,29-30,33-36,59-61H,4-6,9-10,15-20H2,(H,46,66)(H,48,62)(H,49,63)(H,50,56)(H,51,65)(H,52,64)(H,57,58)(H4,44,45,47)/t25-,26-,27-,29-,30+,33?,34-,35-,36?/m0/s1. The highest BCUT2D eigenvalue weighted by Gasteiger charge is 2.46. The average Bonchev–Trinajstić information content (AvgIpc) is 3.78. The maximum absolute atomic E-state index is 14.2. The van der Waals surface area contributed by atoms with Crippen molar-refractivity contribution in [3.05, 3.63) is 83.4 Å². The van der Waals surface area contributed by atoms with E-state index in [1.165, 1.54) is 23.0 Å². The van der Waals surface area contributed by atoms with Crippen molar-refractivity contribution in [3.8, 4) is 0 Å². The van der Waals surface area contributed by atoms with Crippen molar-refractivity contribution in [3.63, 3.8) is 0 Å². The van der Waals surface area contributed by atoms with Crippen LogP contribution in [-0.2, 0) is 39.9 Å². The third-order valence-electron chi connectivity index (χ3n) is 10.9. The van der Waals surface area contributed by atoms with Gasteiger partial charge in [-0.15, -0.1) is 5.10 Å². The minimum absolute atomic E-state index is 0.00627.